The van der Waals surface area contributed by atoms with Crippen LogP contribution in [0, 0.1) is 11.7 Å². The molecule has 1 fully saturated rings. The molecule has 1 heterocycles. The maximum absolute atomic E-state index is 13.7. The fourth-order valence-corrected chi connectivity index (χ4v) is 3.95. The summed E-state index contributed by atoms with van der Waals surface area (Å²) in [6.07, 6.45) is 0. The van der Waals surface area contributed by atoms with Gasteiger partial charge in [-0.25, -0.2) is 12.8 Å². The Morgan fingerprint density at radius 2 is 1.75 bits per heavy atom. The van der Waals surface area contributed by atoms with Gasteiger partial charge in [-0.2, -0.15) is 4.31 Å². The molecule has 2 rings (SSSR count). The molecule has 1 aromatic rings. The van der Waals surface area contributed by atoms with Crippen molar-refractivity contribution in [3.63, 3.8) is 0 Å². The molecule has 1 aromatic carbocycles. The number of hydrogen-bond donors (Lipinski definition) is 0. The molecule has 0 aromatic heterocycles. The van der Waals surface area contributed by atoms with E-state index >= 15 is 0 Å². The lowest BCUT2D eigenvalue weighted by molar-refractivity contribution is 0.172. The van der Waals surface area contributed by atoms with Crippen LogP contribution >= 0.6 is 0 Å². The lowest BCUT2D eigenvalue weighted by Crippen LogP contribution is -2.49. The van der Waals surface area contributed by atoms with Gasteiger partial charge in [-0.15, -0.1) is 0 Å². The van der Waals surface area contributed by atoms with Crippen LogP contribution in [0.2, 0.25) is 0 Å². The Hall–Kier alpha value is -0.980. The SMILES string of the molecule is CC(C)CN1CCN(S(=O)(=O)c2ccccc2F)CC1. The van der Waals surface area contributed by atoms with Crippen LogP contribution in [-0.4, -0.2) is 50.3 Å². The zero-order valence-corrected chi connectivity index (χ0v) is 12.7. The molecule has 1 aliphatic heterocycles. The summed E-state index contributed by atoms with van der Waals surface area (Å²) in [6.45, 7) is 7.49. The maximum atomic E-state index is 13.7. The van der Waals surface area contributed by atoms with Gasteiger partial charge in [0.1, 0.15) is 10.7 Å². The number of rotatable bonds is 4. The highest BCUT2D eigenvalue weighted by Crippen LogP contribution is 2.20. The van der Waals surface area contributed by atoms with E-state index < -0.39 is 15.8 Å². The summed E-state index contributed by atoms with van der Waals surface area (Å²) >= 11 is 0. The van der Waals surface area contributed by atoms with Gasteiger partial charge in [-0.05, 0) is 18.1 Å². The van der Waals surface area contributed by atoms with E-state index in [1.54, 1.807) is 6.07 Å². The van der Waals surface area contributed by atoms with Gasteiger partial charge in [0.2, 0.25) is 10.0 Å². The minimum absolute atomic E-state index is 0.225. The van der Waals surface area contributed by atoms with E-state index in [9.17, 15) is 12.8 Å². The van der Waals surface area contributed by atoms with Crippen molar-refractivity contribution in [1.29, 1.82) is 0 Å². The van der Waals surface area contributed by atoms with Crippen LogP contribution < -0.4 is 0 Å². The fraction of sp³-hybridized carbons (Fsp3) is 0.571. The van der Waals surface area contributed by atoms with E-state index in [1.807, 2.05) is 0 Å². The molecular formula is C14H21FN2O2S. The lowest BCUT2D eigenvalue weighted by atomic mass is 10.2. The van der Waals surface area contributed by atoms with Gasteiger partial charge in [0, 0.05) is 32.7 Å². The first kappa shape index (κ1) is 15.4. The van der Waals surface area contributed by atoms with E-state index in [-0.39, 0.29) is 4.90 Å². The normalized spacial score (nSPS) is 18.6. The number of sulfonamides is 1. The second kappa shape index (κ2) is 6.20. The molecule has 1 aliphatic rings. The molecule has 112 valence electrons. The molecule has 0 bridgehead atoms. The van der Waals surface area contributed by atoms with Gasteiger partial charge in [-0.3, -0.25) is 0 Å². The molecule has 0 atom stereocenters. The molecule has 6 heteroatoms. The smallest absolute Gasteiger partial charge is 0.246 e. The summed E-state index contributed by atoms with van der Waals surface area (Å²) in [4.78, 5) is 2.02. The van der Waals surface area contributed by atoms with Gasteiger partial charge >= 0.3 is 0 Å². The lowest BCUT2D eigenvalue weighted by Gasteiger charge is -2.34. The van der Waals surface area contributed by atoms with Crippen molar-refractivity contribution in [3.05, 3.63) is 30.1 Å². The van der Waals surface area contributed by atoms with Gasteiger partial charge < -0.3 is 4.90 Å². The first-order valence-corrected chi connectivity index (χ1v) is 8.32. The molecule has 20 heavy (non-hydrogen) atoms. The van der Waals surface area contributed by atoms with Crippen molar-refractivity contribution in [1.82, 2.24) is 9.21 Å². The van der Waals surface area contributed by atoms with Crippen LogP contribution in [0.5, 0.6) is 0 Å². The average Bonchev–Trinajstić information content (AvgIpc) is 2.39. The van der Waals surface area contributed by atoms with Crippen LogP contribution in [0.3, 0.4) is 0 Å². The second-order valence-corrected chi connectivity index (χ2v) is 7.44. The summed E-state index contributed by atoms with van der Waals surface area (Å²) in [5.74, 6) is -0.123. The maximum Gasteiger partial charge on any atom is 0.246 e. The number of benzene rings is 1. The quantitative estimate of drug-likeness (QED) is 0.851. The van der Waals surface area contributed by atoms with Crippen molar-refractivity contribution in [3.8, 4) is 0 Å². The van der Waals surface area contributed by atoms with Gasteiger partial charge in [0.25, 0.3) is 0 Å². The zero-order chi connectivity index (χ0) is 14.8. The largest absolute Gasteiger partial charge is 0.300 e. The summed E-state index contributed by atoms with van der Waals surface area (Å²) < 4.78 is 39.9. The van der Waals surface area contributed by atoms with Crippen LogP contribution in [0.15, 0.2) is 29.2 Å². The zero-order valence-electron chi connectivity index (χ0n) is 11.9. The first-order valence-electron chi connectivity index (χ1n) is 6.88. The Labute approximate surface area is 120 Å². The highest BCUT2D eigenvalue weighted by Gasteiger charge is 2.30. The molecule has 0 saturated carbocycles. The Morgan fingerprint density at radius 1 is 1.15 bits per heavy atom. The fourth-order valence-electron chi connectivity index (χ4n) is 2.46. The number of hydrogen-bond acceptors (Lipinski definition) is 3. The molecule has 0 N–H and O–H groups in total. The van der Waals surface area contributed by atoms with E-state index in [4.69, 9.17) is 0 Å². The molecule has 4 nitrogen and oxygen atoms in total. The number of nitrogens with zero attached hydrogens (tertiary/aromatic N) is 2. The predicted molar refractivity (Wildman–Crippen MR) is 76.4 cm³/mol. The minimum Gasteiger partial charge on any atom is -0.300 e. The third-order valence-corrected chi connectivity index (χ3v) is 5.34. The monoisotopic (exact) mass is 300 g/mol. The van der Waals surface area contributed by atoms with E-state index in [0.29, 0.717) is 32.1 Å². The van der Waals surface area contributed by atoms with Gasteiger partial charge in [0.15, 0.2) is 0 Å². The Morgan fingerprint density at radius 3 is 2.30 bits per heavy atom. The number of halogens is 1. The Balaban J connectivity index is 2.08. The molecule has 0 unspecified atom stereocenters. The molecule has 0 aliphatic carbocycles. The summed E-state index contributed by atoms with van der Waals surface area (Å²) in [6, 6.07) is 5.55. The third kappa shape index (κ3) is 3.37. The Bertz CT molecular complexity index is 552. The number of piperazine rings is 1. The first-order chi connectivity index (χ1) is 9.41. The van der Waals surface area contributed by atoms with Crippen molar-refractivity contribution in [2.24, 2.45) is 5.92 Å². The molecule has 1 saturated heterocycles. The van der Waals surface area contributed by atoms with E-state index in [1.165, 1.54) is 22.5 Å². The summed E-state index contributed by atoms with van der Waals surface area (Å²) in [5.41, 5.74) is 0. The average molecular weight is 300 g/mol. The van der Waals surface area contributed by atoms with Gasteiger partial charge in [0.05, 0.1) is 0 Å². The Kier molecular flexibility index (Phi) is 4.78. The third-order valence-electron chi connectivity index (χ3n) is 3.41. The van der Waals surface area contributed by atoms with Crippen LogP contribution in [0.1, 0.15) is 13.8 Å². The highest BCUT2D eigenvalue weighted by molar-refractivity contribution is 7.89. The van der Waals surface area contributed by atoms with Crippen LogP contribution in [0.4, 0.5) is 4.39 Å². The molecule has 0 radical (unpaired) electrons. The van der Waals surface area contributed by atoms with Crippen molar-refractivity contribution >= 4 is 10.0 Å². The summed E-state index contributed by atoms with van der Waals surface area (Å²) in [5, 5.41) is 0. The molecule has 0 spiro atoms. The molecule has 0 amide bonds. The van der Waals surface area contributed by atoms with Crippen molar-refractivity contribution in [2.45, 2.75) is 18.7 Å². The second-order valence-electron chi connectivity index (χ2n) is 5.53. The van der Waals surface area contributed by atoms with Crippen molar-refractivity contribution in [2.75, 3.05) is 32.7 Å². The van der Waals surface area contributed by atoms with Crippen LogP contribution in [0.25, 0.3) is 0 Å². The van der Waals surface area contributed by atoms with Crippen molar-refractivity contribution < 1.29 is 12.8 Å². The van der Waals surface area contributed by atoms with E-state index in [2.05, 4.69) is 18.7 Å². The predicted octanol–water partition coefficient (Wildman–Crippen LogP) is 1.79. The standard InChI is InChI=1S/C14H21FN2O2S/c1-12(2)11-16-7-9-17(10-8-16)20(18,19)14-6-4-3-5-13(14)15/h3-6,12H,7-11H2,1-2H3. The topological polar surface area (TPSA) is 40.6 Å². The van der Waals surface area contributed by atoms with E-state index in [0.717, 1.165) is 6.54 Å². The van der Waals surface area contributed by atoms with Gasteiger partial charge in [-0.1, -0.05) is 26.0 Å². The summed E-state index contributed by atoms with van der Waals surface area (Å²) in [7, 11) is -3.71. The minimum atomic E-state index is -3.71. The highest BCUT2D eigenvalue weighted by atomic mass is 32.2. The van der Waals surface area contributed by atoms with Crippen LogP contribution in [-0.2, 0) is 10.0 Å². The molecular weight excluding hydrogens is 279 g/mol.